The second kappa shape index (κ2) is 5.59. The van der Waals surface area contributed by atoms with Crippen LogP contribution in [0.3, 0.4) is 0 Å². The average molecular weight is 261 g/mol. The number of nitrogens with two attached hydrogens (primary N) is 1. The van der Waals surface area contributed by atoms with E-state index in [1.54, 1.807) is 18.5 Å². The monoisotopic (exact) mass is 261 g/mol. The molecule has 0 aromatic carbocycles. The predicted octanol–water partition coefficient (Wildman–Crippen LogP) is 1.10. The molecule has 0 aliphatic rings. The summed E-state index contributed by atoms with van der Waals surface area (Å²) < 4.78 is 2.00. The molecule has 0 amide bonds. The lowest BCUT2D eigenvalue weighted by Gasteiger charge is -2.07. The summed E-state index contributed by atoms with van der Waals surface area (Å²) in [6, 6.07) is 3.65. The first-order valence-electron chi connectivity index (χ1n) is 5.63. The first kappa shape index (κ1) is 12.5. The molecule has 0 saturated heterocycles. The number of anilines is 1. The van der Waals surface area contributed by atoms with Crippen LogP contribution < -0.4 is 11.1 Å². The third-order valence-corrected chi connectivity index (χ3v) is 2.86. The molecule has 2 aromatic heterocycles. The highest BCUT2D eigenvalue weighted by molar-refractivity contribution is 7.80. The first-order chi connectivity index (χ1) is 8.66. The van der Waals surface area contributed by atoms with E-state index in [2.05, 4.69) is 15.3 Å². The van der Waals surface area contributed by atoms with Gasteiger partial charge in [-0.25, -0.2) is 9.97 Å². The minimum Gasteiger partial charge on any atom is -0.389 e. The molecule has 0 aliphatic carbocycles. The number of rotatable bonds is 5. The Labute approximate surface area is 111 Å². The Morgan fingerprint density at radius 3 is 2.94 bits per heavy atom. The molecule has 5 nitrogen and oxygen atoms in total. The Bertz CT molecular complexity index is 549. The van der Waals surface area contributed by atoms with E-state index in [1.807, 2.05) is 23.9 Å². The molecule has 6 heteroatoms. The molecule has 18 heavy (non-hydrogen) atoms. The van der Waals surface area contributed by atoms with Crippen LogP contribution in [0.1, 0.15) is 11.4 Å². The quantitative estimate of drug-likeness (QED) is 0.789. The van der Waals surface area contributed by atoms with Crippen molar-refractivity contribution in [2.75, 3.05) is 11.9 Å². The second-order valence-corrected chi connectivity index (χ2v) is 4.36. The van der Waals surface area contributed by atoms with E-state index in [9.17, 15) is 0 Å². The molecule has 0 atom stereocenters. The number of aryl methyl sites for hydroxylation is 1. The lowest BCUT2D eigenvalue weighted by molar-refractivity contribution is 0.788. The van der Waals surface area contributed by atoms with Crippen LogP contribution in [0.2, 0.25) is 0 Å². The van der Waals surface area contributed by atoms with E-state index in [0.717, 1.165) is 30.2 Å². The van der Waals surface area contributed by atoms with Crippen molar-refractivity contribution in [2.24, 2.45) is 12.8 Å². The minimum absolute atomic E-state index is 0.379. The van der Waals surface area contributed by atoms with Gasteiger partial charge >= 0.3 is 0 Å². The van der Waals surface area contributed by atoms with Crippen LogP contribution in [0.5, 0.6) is 0 Å². The smallest absolute Gasteiger partial charge is 0.126 e. The maximum atomic E-state index is 5.57. The molecule has 0 aliphatic heterocycles. The number of nitrogens with one attached hydrogen (secondary N) is 1. The van der Waals surface area contributed by atoms with Crippen molar-refractivity contribution in [1.82, 2.24) is 14.5 Å². The van der Waals surface area contributed by atoms with E-state index < -0.39 is 0 Å². The van der Waals surface area contributed by atoms with Crippen molar-refractivity contribution in [2.45, 2.75) is 6.42 Å². The Hall–Kier alpha value is -1.95. The SMILES string of the molecule is Cn1ccnc1CCNc1cc(C(N)=S)ccn1. The summed E-state index contributed by atoms with van der Waals surface area (Å²) >= 11 is 4.93. The van der Waals surface area contributed by atoms with Crippen LogP contribution in [0, 0.1) is 0 Å². The lowest BCUT2D eigenvalue weighted by Crippen LogP contribution is -2.12. The lowest BCUT2D eigenvalue weighted by atomic mass is 10.2. The molecule has 2 aromatic rings. The number of nitrogens with zero attached hydrogens (tertiary/aromatic N) is 3. The number of pyridine rings is 1. The maximum Gasteiger partial charge on any atom is 0.126 e. The fourth-order valence-electron chi connectivity index (χ4n) is 1.62. The van der Waals surface area contributed by atoms with E-state index in [0.29, 0.717) is 4.99 Å². The number of hydrogen-bond donors (Lipinski definition) is 2. The summed E-state index contributed by atoms with van der Waals surface area (Å²) in [7, 11) is 1.98. The molecular formula is C12H15N5S. The van der Waals surface area contributed by atoms with Crippen LogP contribution in [0.25, 0.3) is 0 Å². The van der Waals surface area contributed by atoms with Gasteiger partial charge in [-0.15, -0.1) is 0 Å². The van der Waals surface area contributed by atoms with E-state index in [-0.39, 0.29) is 0 Å². The Morgan fingerprint density at radius 2 is 2.28 bits per heavy atom. The zero-order chi connectivity index (χ0) is 13.0. The highest BCUT2D eigenvalue weighted by Gasteiger charge is 2.01. The predicted molar refractivity (Wildman–Crippen MR) is 75.5 cm³/mol. The molecular weight excluding hydrogens is 246 g/mol. The number of thiocarbonyl (C=S) groups is 1. The number of aromatic nitrogens is 3. The summed E-state index contributed by atoms with van der Waals surface area (Å²) in [5.41, 5.74) is 6.39. The molecule has 0 saturated carbocycles. The van der Waals surface area contributed by atoms with Crippen molar-refractivity contribution in [3.05, 3.63) is 42.1 Å². The highest BCUT2D eigenvalue weighted by atomic mass is 32.1. The van der Waals surface area contributed by atoms with Gasteiger partial charge in [-0.3, -0.25) is 0 Å². The van der Waals surface area contributed by atoms with Gasteiger partial charge in [-0.1, -0.05) is 12.2 Å². The van der Waals surface area contributed by atoms with Gasteiger partial charge in [0.1, 0.15) is 16.6 Å². The van der Waals surface area contributed by atoms with Crippen LogP contribution in [0.4, 0.5) is 5.82 Å². The maximum absolute atomic E-state index is 5.57. The fraction of sp³-hybridized carbons (Fsp3) is 0.250. The zero-order valence-corrected chi connectivity index (χ0v) is 10.9. The van der Waals surface area contributed by atoms with Crippen molar-refractivity contribution >= 4 is 23.0 Å². The number of hydrogen-bond acceptors (Lipinski definition) is 4. The second-order valence-electron chi connectivity index (χ2n) is 3.93. The molecule has 0 bridgehead atoms. The summed E-state index contributed by atoms with van der Waals surface area (Å²) in [6.45, 7) is 0.763. The molecule has 0 radical (unpaired) electrons. The average Bonchev–Trinajstić information content (AvgIpc) is 2.76. The fourth-order valence-corrected chi connectivity index (χ4v) is 1.75. The normalized spacial score (nSPS) is 10.3. The van der Waals surface area contributed by atoms with Gasteiger partial charge < -0.3 is 15.6 Å². The van der Waals surface area contributed by atoms with Gasteiger partial charge in [0.15, 0.2) is 0 Å². The van der Waals surface area contributed by atoms with E-state index in [1.165, 1.54) is 0 Å². The van der Waals surface area contributed by atoms with Gasteiger partial charge in [-0.2, -0.15) is 0 Å². The first-order valence-corrected chi connectivity index (χ1v) is 6.03. The van der Waals surface area contributed by atoms with Crippen molar-refractivity contribution < 1.29 is 0 Å². The zero-order valence-electron chi connectivity index (χ0n) is 10.1. The highest BCUT2D eigenvalue weighted by Crippen LogP contribution is 2.06. The van der Waals surface area contributed by atoms with Crippen molar-refractivity contribution in [1.29, 1.82) is 0 Å². The summed E-state index contributed by atoms with van der Waals surface area (Å²) in [4.78, 5) is 8.84. The van der Waals surface area contributed by atoms with Crippen molar-refractivity contribution in [3.63, 3.8) is 0 Å². The van der Waals surface area contributed by atoms with Crippen LogP contribution in [-0.2, 0) is 13.5 Å². The van der Waals surface area contributed by atoms with Crippen LogP contribution in [0.15, 0.2) is 30.7 Å². The number of imidazole rings is 1. The summed E-state index contributed by atoms with van der Waals surface area (Å²) in [6.07, 6.45) is 6.25. The third kappa shape index (κ3) is 3.04. The Balaban J connectivity index is 1.92. The molecule has 2 rings (SSSR count). The molecule has 3 N–H and O–H groups in total. The molecule has 0 spiro atoms. The van der Waals surface area contributed by atoms with Gasteiger partial charge in [0.2, 0.25) is 0 Å². The van der Waals surface area contributed by atoms with Crippen LogP contribution in [-0.4, -0.2) is 26.1 Å². The Kier molecular flexibility index (Phi) is 3.88. The third-order valence-electron chi connectivity index (χ3n) is 2.62. The van der Waals surface area contributed by atoms with E-state index in [4.69, 9.17) is 18.0 Å². The van der Waals surface area contributed by atoms with Crippen LogP contribution >= 0.6 is 12.2 Å². The molecule has 0 fully saturated rings. The van der Waals surface area contributed by atoms with E-state index >= 15 is 0 Å². The van der Waals surface area contributed by atoms with Gasteiger partial charge in [-0.05, 0) is 12.1 Å². The van der Waals surface area contributed by atoms with Gasteiger partial charge in [0, 0.05) is 44.2 Å². The van der Waals surface area contributed by atoms with Crippen molar-refractivity contribution in [3.8, 4) is 0 Å². The topological polar surface area (TPSA) is 68.8 Å². The summed E-state index contributed by atoms with van der Waals surface area (Å²) in [5.74, 6) is 1.81. The minimum atomic E-state index is 0.379. The Morgan fingerprint density at radius 1 is 1.44 bits per heavy atom. The molecule has 0 unspecified atom stereocenters. The van der Waals surface area contributed by atoms with Gasteiger partial charge in [0.25, 0.3) is 0 Å². The standard InChI is InChI=1S/C12H15N5S/c1-17-7-6-16-11(17)3-5-15-10-8-9(12(13)18)2-4-14-10/h2,4,6-8H,3,5H2,1H3,(H2,13,18)(H,14,15). The largest absolute Gasteiger partial charge is 0.389 e. The summed E-state index contributed by atoms with van der Waals surface area (Å²) in [5, 5.41) is 3.23. The van der Waals surface area contributed by atoms with Gasteiger partial charge in [0.05, 0.1) is 0 Å². The molecule has 94 valence electrons. The molecule has 2 heterocycles.